The van der Waals surface area contributed by atoms with Gasteiger partial charge in [0.2, 0.25) is 0 Å². The van der Waals surface area contributed by atoms with Gasteiger partial charge in [0, 0.05) is 38.7 Å². The topological polar surface area (TPSA) is 64.5 Å². The van der Waals surface area contributed by atoms with Crippen molar-refractivity contribution in [2.45, 2.75) is 13.1 Å². The van der Waals surface area contributed by atoms with E-state index in [2.05, 4.69) is 73.8 Å². The van der Waals surface area contributed by atoms with Gasteiger partial charge in [0.15, 0.2) is 23.3 Å². The molecule has 0 radical (unpaired) electrons. The fourth-order valence-electron chi connectivity index (χ4n) is 6.21. The monoisotopic (exact) mass is 595 g/mol. The summed E-state index contributed by atoms with van der Waals surface area (Å²) in [7, 11) is -2.06. The van der Waals surface area contributed by atoms with Gasteiger partial charge in [-0.3, -0.25) is 0 Å². The van der Waals surface area contributed by atoms with E-state index in [4.69, 9.17) is 24.9 Å². The average Bonchev–Trinajstić information content (AvgIpc) is 3.35. The van der Waals surface area contributed by atoms with E-state index < -0.39 is 8.07 Å². The first kappa shape index (κ1) is 27.0. The predicted molar refractivity (Wildman–Crippen MR) is 185 cm³/mol. The van der Waals surface area contributed by atoms with Gasteiger partial charge in [0.1, 0.15) is 8.07 Å². The molecule has 5 aromatic carbocycles. The van der Waals surface area contributed by atoms with Gasteiger partial charge in [0.05, 0.1) is 5.69 Å². The lowest BCUT2D eigenvalue weighted by Crippen LogP contribution is -2.50. The van der Waals surface area contributed by atoms with Crippen molar-refractivity contribution >= 4 is 18.6 Å². The lowest BCUT2D eigenvalue weighted by Gasteiger charge is -2.19. The second kappa shape index (κ2) is 10.8. The summed E-state index contributed by atoms with van der Waals surface area (Å²) in [5.41, 5.74) is 8.13. The van der Waals surface area contributed by atoms with Crippen molar-refractivity contribution in [3.05, 3.63) is 140 Å². The van der Waals surface area contributed by atoms with Crippen LogP contribution in [0.5, 0.6) is 0 Å². The smallest absolute Gasteiger partial charge is 0.164 e. The third-order valence-electron chi connectivity index (χ3n) is 8.50. The summed E-state index contributed by atoms with van der Waals surface area (Å²) in [6, 6.07) is 47.6. The van der Waals surface area contributed by atoms with Crippen molar-refractivity contribution in [2.24, 2.45) is 0 Å². The summed E-state index contributed by atoms with van der Waals surface area (Å²) in [6.45, 7) is 4.78. The number of rotatable bonds is 5. The van der Waals surface area contributed by atoms with E-state index in [0.29, 0.717) is 17.5 Å². The van der Waals surface area contributed by atoms with E-state index in [0.717, 1.165) is 44.9 Å². The fourth-order valence-corrected chi connectivity index (χ4v) is 9.12. The quantitative estimate of drug-likeness (QED) is 0.190. The van der Waals surface area contributed by atoms with Crippen molar-refractivity contribution < 1.29 is 0 Å². The average molecular weight is 596 g/mol. The molecule has 5 nitrogen and oxygen atoms in total. The second-order valence-electron chi connectivity index (χ2n) is 11.8. The third-order valence-corrected chi connectivity index (χ3v) is 11.8. The van der Waals surface area contributed by atoms with Crippen LogP contribution in [0.15, 0.2) is 140 Å². The molecule has 0 spiro atoms. The van der Waals surface area contributed by atoms with E-state index in [9.17, 15) is 0 Å². The van der Waals surface area contributed by atoms with Crippen LogP contribution in [0, 0.1) is 0 Å². The Kier molecular flexibility index (Phi) is 6.50. The molecule has 214 valence electrons. The molecule has 0 fully saturated rings. The van der Waals surface area contributed by atoms with Gasteiger partial charge in [-0.2, -0.15) is 0 Å². The van der Waals surface area contributed by atoms with Gasteiger partial charge < -0.3 is 0 Å². The second-order valence-corrected chi connectivity index (χ2v) is 16.0. The molecular weight excluding hydrogens is 567 g/mol. The van der Waals surface area contributed by atoms with E-state index >= 15 is 0 Å². The molecule has 6 heteroatoms. The van der Waals surface area contributed by atoms with E-state index in [-0.39, 0.29) is 0 Å². The zero-order valence-corrected chi connectivity index (χ0v) is 26.0. The number of benzene rings is 5. The molecule has 0 N–H and O–H groups in total. The first-order chi connectivity index (χ1) is 22.1. The highest BCUT2D eigenvalue weighted by Gasteiger charge is 2.41. The normalized spacial score (nSPS) is 12.8. The van der Waals surface area contributed by atoms with Crippen molar-refractivity contribution in [2.75, 3.05) is 0 Å². The number of nitrogens with zero attached hydrogens (tertiary/aromatic N) is 5. The van der Waals surface area contributed by atoms with Crippen LogP contribution in [0.3, 0.4) is 0 Å². The molecule has 0 unspecified atom stereocenters. The highest BCUT2D eigenvalue weighted by atomic mass is 28.3. The molecule has 0 bridgehead atoms. The van der Waals surface area contributed by atoms with Crippen LogP contribution in [0.1, 0.15) is 0 Å². The molecule has 45 heavy (non-hydrogen) atoms. The molecule has 3 heterocycles. The van der Waals surface area contributed by atoms with E-state index in [1.54, 1.807) is 0 Å². The maximum Gasteiger partial charge on any atom is 0.164 e. The highest BCUT2D eigenvalue weighted by molar-refractivity contribution is 7.03. The minimum absolute atomic E-state index is 0.619. The highest BCUT2D eigenvalue weighted by Crippen LogP contribution is 2.37. The molecule has 0 saturated carbocycles. The minimum Gasteiger partial charge on any atom is -0.237 e. The van der Waals surface area contributed by atoms with Gasteiger partial charge in [-0.05, 0) is 16.8 Å². The molecule has 7 aromatic rings. The number of aromatic nitrogens is 5. The SMILES string of the molecule is C[Si]1(C)c2ccccc2-c2c(-c3cccc(-c4nc(-c5ccccc5)nc(-c5ccccc5)n4)c3)nc(-c3ccccc3)nc21. The van der Waals surface area contributed by atoms with E-state index in [1.807, 2.05) is 78.9 Å². The summed E-state index contributed by atoms with van der Waals surface area (Å²) >= 11 is 0. The Hall–Kier alpha value is -5.59. The maximum absolute atomic E-state index is 5.27. The standard InChI is InChI=1S/C39H29N5Si/c1-45(2)32-24-13-12-23-31(32)33-34(40-35(44-39(33)45)26-15-6-3-7-16-26)29-21-14-22-30(25-29)38-42-36(27-17-8-4-9-18-27)41-37(43-38)28-19-10-5-11-20-28/h3-25H,1-2H3. The zero-order chi connectivity index (χ0) is 30.4. The van der Waals surface area contributed by atoms with Crippen molar-refractivity contribution in [3.63, 3.8) is 0 Å². The summed E-state index contributed by atoms with van der Waals surface area (Å²) in [4.78, 5) is 25.4. The van der Waals surface area contributed by atoms with Crippen LogP contribution >= 0.6 is 0 Å². The number of fused-ring (bicyclic) bond motifs is 3. The number of hydrogen-bond donors (Lipinski definition) is 0. The fraction of sp³-hybridized carbons (Fsp3) is 0.0513. The van der Waals surface area contributed by atoms with Gasteiger partial charge in [-0.1, -0.05) is 147 Å². The summed E-state index contributed by atoms with van der Waals surface area (Å²) < 4.78 is 0. The van der Waals surface area contributed by atoms with Gasteiger partial charge in [-0.25, -0.2) is 24.9 Å². The third kappa shape index (κ3) is 4.76. The maximum atomic E-state index is 5.27. The molecule has 0 aliphatic carbocycles. The Morgan fingerprint density at radius 2 is 0.844 bits per heavy atom. The molecule has 8 rings (SSSR count). The molecule has 2 aromatic heterocycles. The largest absolute Gasteiger partial charge is 0.237 e. The summed E-state index contributed by atoms with van der Waals surface area (Å²) in [5, 5.41) is 2.57. The Morgan fingerprint density at radius 1 is 0.400 bits per heavy atom. The first-order valence-corrected chi connectivity index (χ1v) is 18.1. The molecule has 0 saturated heterocycles. The van der Waals surface area contributed by atoms with Crippen LogP contribution in [-0.2, 0) is 0 Å². The van der Waals surface area contributed by atoms with Crippen LogP contribution in [0.2, 0.25) is 13.1 Å². The zero-order valence-electron chi connectivity index (χ0n) is 25.0. The van der Waals surface area contributed by atoms with Crippen molar-refractivity contribution in [1.29, 1.82) is 0 Å². The predicted octanol–water partition coefficient (Wildman–Crippen LogP) is 7.80. The van der Waals surface area contributed by atoms with Gasteiger partial charge in [-0.15, -0.1) is 0 Å². The van der Waals surface area contributed by atoms with Crippen LogP contribution in [0.25, 0.3) is 67.9 Å². The Labute approximate surface area is 263 Å². The van der Waals surface area contributed by atoms with Gasteiger partial charge in [0.25, 0.3) is 0 Å². The molecule has 1 aliphatic rings. The van der Waals surface area contributed by atoms with Crippen molar-refractivity contribution in [1.82, 2.24) is 24.9 Å². The van der Waals surface area contributed by atoms with Crippen molar-refractivity contribution in [3.8, 4) is 67.9 Å². The summed E-state index contributed by atoms with van der Waals surface area (Å²) in [5.74, 6) is 2.65. The Bertz CT molecular complexity index is 2120. The Balaban J connectivity index is 1.34. The first-order valence-electron chi connectivity index (χ1n) is 15.1. The molecular formula is C39H29N5Si. The minimum atomic E-state index is -2.06. The lowest BCUT2D eigenvalue weighted by molar-refractivity contribution is 1.07. The Morgan fingerprint density at radius 3 is 1.42 bits per heavy atom. The lowest BCUT2D eigenvalue weighted by atomic mass is 9.99. The number of hydrogen-bond acceptors (Lipinski definition) is 5. The molecule has 1 aliphatic heterocycles. The van der Waals surface area contributed by atoms with Crippen LogP contribution in [0.4, 0.5) is 0 Å². The van der Waals surface area contributed by atoms with Crippen LogP contribution < -0.4 is 10.5 Å². The molecule has 0 amide bonds. The molecule has 0 atom stereocenters. The van der Waals surface area contributed by atoms with Gasteiger partial charge >= 0.3 is 0 Å². The summed E-state index contributed by atoms with van der Waals surface area (Å²) in [6.07, 6.45) is 0. The van der Waals surface area contributed by atoms with E-state index in [1.165, 1.54) is 16.1 Å². The van der Waals surface area contributed by atoms with Crippen LogP contribution in [-0.4, -0.2) is 33.0 Å².